The molecule has 10 heteroatoms. The fraction of sp³-hybridized carbons (Fsp3) is 0.500. The second kappa shape index (κ2) is 7.91. The van der Waals surface area contributed by atoms with E-state index in [-0.39, 0.29) is 42.2 Å². The van der Waals surface area contributed by atoms with Crippen molar-refractivity contribution in [1.29, 1.82) is 0 Å². The molecule has 2 aromatic rings. The zero-order valence-electron chi connectivity index (χ0n) is 13.4. The normalized spacial score (nSPS) is 11.0. The first kappa shape index (κ1) is 17.9. The number of carbonyl (C=O) groups excluding carboxylic acids is 2. The van der Waals surface area contributed by atoms with Crippen molar-refractivity contribution < 1.29 is 19.1 Å². The third-order valence-electron chi connectivity index (χ3n) is 3.26. The van der Waals surface area contributed by atoms with E-state index in [0.29, 0.717) is 24.1 Å². The largest absolute Gasteiger partial charge is 0.465 e. The van der Waals surface area contributed by atoms with Crippen LogP contribution in [0.5, 0.6) is 0 Å². The maximum absolute atomic E-state index is 11.0. The van der Waals surface area contributed by atoms with Crippen LogP contribution in [0.1, 0.15) is 20.3 Å². The Hall–Kier alpha value is -2.42. The van der Waals surface area contributed by atoms with Crippen molar-refractivity contribution in [2.75, 3.05) is 18.9 Å². The van der Waals surface area contributed by atoms with Gasteiger partial charge in [0, 0.05) is 26.3 Å². The molecule has 0 aliphatic rings. The highest BCUT2D eigenvalue weighted by atomic mass is 35.5. The van der Waals surface area contributed by atoms with Crippen molar-refractivity contribution in [3.8, 4) is 0 Å². The lowest BCUT2D eigenvalue weighted by atomic mass is 10.1. The Kier molecular flexibility index (Phi) is 5.91. The number of hydrogen-bond donors (Lipinski definition) is 1. The quantitative estimate of drug-likeness (QED) is 0.580. The van der Waals surface area contributed by atoms with Crippen LogP contribution >= 0.6 is 11.6 Å². The number of hydrogen-bond acceptors (Lipinski definition) is 8. The molecule has 24 heavy (non-hydrogen) atoms. The number of esters is 2. The van der Waals surface area contributed by atoms with Crippen molar-refractivity contribution in [2.24, 2.45) is 5.92 Å². The Labute approximate surface area is 143 Å². The molecular weight excluding hydrogens is 338 g/mol. The fourth-order valence-corrected chi connectivity index (χ4v) is 2.32. The molecule has 2 N–H and O–H groups in total. The lowest BCUT2D eigenvalue weighted by Crippen LogP contribution is -2.21. The summed E-state index contributed by atoms with van der Waals surface area (Å²) in [6, 6.07) is 0. The molecule has 0 saturated heterocycles. The highest BCUT2D eigenvalue weighted by Crippen LogP contribution is 2.20. The summed E-state index contributed by atoms with van der Waals surface area (Å²) in [4.78, 5) is 34.1. The van der Waals surface area contributed by atoms with E-state index in [1.165, 1.54) is 13.8 Å². The summed E-state index contributed by atoms with van der Waals surface area (Å²) in [6.45, 7) is 3.48. The summed E-state index contributed by atoms with van der Waals surface area (Å²) >= 11 is 5.99. The Morgan fingerprint density at radius 1 is 1.25 bits per heavy atom. The second-order valence-electron chi connectivity index (χ2n) is 5.24. The number of aryl methyl sites for hydroxylation is 1. The molecule has 0 aliphatic carbocycles. The average Bonchev–Trinajstić information content (AvgIpc) is 2.89. The number of ether oxygens (including phenoxy) is 2. The summed E-state index contributed by atoms with van der Waals surface area (Å²) in [7, 11) is 0. The number of halogens is 1. The molecule has 0 bridgehead atoms. The molecular formula is C14H18ClN5O4. The third kappa shape index (κ3) is 4.79. The molecule has 0 saturated carbocycles. The average molecular weight is 356 g/mol. The van der Waals surface area contributed by atoms with Crippen molar-refractivity contribution in [3.63, 3.8) is 0 Å². The SMILES string of the molecule is CC(=O)OCC(CCn1cnc2c(Cl)nc(N)nc21)COC(C)=O. The monoisotopic (exact) mass is 355 g/mol. The van der Waals surface area contributed by atoms with E-state index in [1.54, 1.807) is 10.9 Å². The number of nitrogens with two attached hydrogens (primary N) is 1. The van der Waals surface area contributed by atoms with Gasteiger partial charge in [-0.15, -0.1) is 0 Å². The first-order valence-electron chi connectivity index (χ1n) is 7.27. The summed E-state index contributed by atoms with van der Waals surface area (Å²) in [5, 5.41) is 0.188. The maximum Gasteiger partial charge on any atom is 0.302 e. The number of aromatic nitrogens is 4. The molecule has 2 aromatic heterocycles. The van der Waals surface area contributed by atoms with Crippen molar-refractivity contribution in [3.05, 3.63) is 11.5 Å². The third-order valence-corrected chi connectivity index (χ3v) is 3.53. The van der Waals surface area contributed by atoms with E-state index in [4.69, 9.17) is 26.8 Å². The van der Waals surface area contributed by atoms with Gasteiger partial charge in [0.05, 0.1) is 19.5 Å². The standard InChI is InChI=1S/C14H18ClN5O4/c1-8(21)23-5-10(6-24-9(2)22)3-4-20-7-17-11-12(15)18-14(16)19-13(11)20/h7,10H,3-6H2,1-2H3,(H2,16,18,19). The molecule has 130 valence electrons. The van der Waals surface area contributed by atoms with Crippen LogP contribution in [0, 0.1) is 5.92 Å². The number of nitrogens with zero attached hydrogens (tertiary/aromatic N) is 4. The molecule has 9 nitrogen and oxygen atoms in total. The minimum atomic E-state index is -0.386. The van der Waals surface area contributed by atoms with Crippen LogP contribution in [-0.4, -0.2) is 44.7 Å². The van der Waals surface area contributed by atoms with Crippen LogP contribution in [0.3, 0.4) is 0 Å². The van der Waals surface area contributed by atoms with Gasteiger partial charge in [-0.3, -0.25) is 9.59 Å². The van der Waals surface area contributed by atoms with Crippen LogP contribution in [0.4, 0.5) is 5.95 Å². The number of anilines is 1. The van der Waals surface area contributed by atoms with Crippen LogP contribution in [0.25, 0.3) is 11.2 Å². The highest BCUT2D eigenvalue weighted by molar-refractivity contribution is 6.33. The van der Waals surface area contributed by atoms with Gasteiger partial charge in [0.2, 0.25) is 5.95 Å². The number of nitrogen functional groups attached to an aromatic ring is 1. The lowest BCUT2D eigenvalue weighted by molar-refractivity contribution is -0.146. The molecule has 2 heterocycles. The van der Waals surface area contributed by atoms with Crippen LogP contribution in [0.15, 0.2) is 6.33 Å². The molecule has 0 spiro atoms. The van der Waals surface area contributed by atoms with Crippen molar-refractivity contribution in [2.45, 2.75) is 26.8 Å². The van der Waals surface area contributed by atoms with E-state index in [1.807, 2.05) is 0 Å². The summed E-state index contributed by atoms with van der Waals surface area (Å²) < 4.78 is 11.8. The van der Waals surface area contributed by atoms with Crippen molar-refractivity contribution >= 4 is 40.7 Å². The zero-order chi connectivity index (χ0) is 17.7. The number of carbonyl (C=O) groups is 2. The Morgan fingerprint density at radius 3 is 2.46 bits per heavy atom. The van der Waals surface area contributed by atoms with Gasteiger partial charge in [0.25, 0.3) is 0 Å². The van der Waals surface area contributed by atoms with Crippen molar-refractivity contribution in [1.82, 2.24) is 19.5 Å². The van der Waals surface area contributed by atoms with Gasteiger partial charge < -0.3 is 19.8 Å². The molecule has 2 rings (SSSR count). The molecule has 0 radical (unpaired) electrons. The summed E-state index contributed by atoms with van der Waals surface area (Å²) in [5.74, 6) is -0.859. The molecule has 0 fully saturated rings. The van der Waals surface area contributed by atoms with Gasteiger partial charge in [0.1, 0.15) is 5.52 Å². The van der Waals surface area contributed by atoms with E-state index in [9.17, 15) is 9.59 Å². The predicted octanol–water partition coefficient (Wildman–Crippen LogP) is 1.19. The topological polar surface area (TPSA) is 122 Å². The number of imidazole rings is 1. The van der Waals surface area contributed by atoms with Crippen LogP contribution in [0.2, 0.25) is 5.15 Å². The Bertz CT molecular complexity index is 730. The Balaban J connectivity index is 2.07. The molecule has 0 amide bonds. The van der Waals surface area contributed by atoms with Gasteiger partial charge in [-0.05, 0) is 6.42 Å². The molecule has 0 unspecified atom stereocenters. The maximum atomic E-state index is 11.0. The first-order chi connectivity index (χ1) is 11.4. The predicted molar refractivity (Wildman–Crippen MR) is 86.1 cm³/mol. The van der Waals surface area contributed by atoms with Crippen LogP contribution in [-0.2, 0) is 25.6 Å². The number of rotatable bonds is 7. The van der Waals surface area contributed by atoms with E-state index < -0.39 is 0 Å². The van der Waals surface area contributed by atoms with Gasteiger partial charge >= 0.3 is 11.9 Å². The molecule has 0 atom stereocenters. The van der Waals surface area contributed by atoms with Gasteiger partial charge in [-0.25, -0.2) is 4.98 Å². The smallest absolute Gasteiger partial charge is 0.302 e. The highest BCUT2D eigenvalue weighted by Gasteiger charge is 2.15. The minimum Gasteiger partial charge on any atom is -0.465 e. The van der Waals surface area contributed by atoms with E-state index >= 15 is 0 Å². The first-order valence-corrected chi connectivity index (χ1v) is 7.65. The fourth-order valence-electron chi connectivity index (χ4n) is 2.10. The lowest BCUT2D eigenvalue weighted by Gasteiger charge is -2.16. The zero-order valence-corrected chi connectivity index (χ0v) is 14.1. The number of fused-ring (bicyclic) bond motifs is 1. The second-order valence-corrected chi connectivity index (χ2v) is 5.60. The molecule has 0 aliphatic heterocycles. The minimum absolute atomic E-state index is 0.0608. The van der Waals surface area contributed by atoms with Gasteiger partial charge in [-0.2, -0.15) is 9.97 Å². The molecule has 0 aromatic carbocycles. The Morgan fingerprint density at radius 2 is 1.88 bits per heavy atom. The van der Waals surface area contributed by atoms with Crippen LogP contribution < -0.4 is 5.73 Å². The summed E-state index contributed by atoms with van der Waals surface area (Å²) in [6.07, 6.45) is 2.16. The van der Waals surface area contributed by atoms with E-state index in [2.05, 4.69) is 15.0 Å². The van der Waals surface area contributed by atoms with Gasteiger partial charge in [-0.1, -0.05) is 11.6 Å². The van der Waals surface area contributed by atoms with Gasteiger partial charge in [0.15, 0.2) is 10.8 Å². The van der Waals surface area contributed by atoms with E-state index in [0.717, 1.165) is 0 Å². The summed E-state index contributed by atoms with van der Waals surface area (Å²) in [5.41, 5.74) is 6.59.